The Morgan fingerprint density at radius 2 is 2.06 bits per heavy atom. The van der Waals surface area contributed by atoms with E-state index in [-0.39, 0.29) is 5.82 Å². The number of nitrogens with one attached hydrogen (secondary N) is 1. The van der Waals surface area contributed by atoms with Gasteiger partial charge in [-0.1, -0.05) is 29.8 Å². The fourth-order valence-corrected chi connectivity index (χ4v) is 2.27. The second-order valence-corrected chi connectivity index (χ2v) is 5.20. The van der Waals surface area contributed by atoms with Crippen molar-refractivity contribution in [1.29, 1.82) is 0 Å². The van der Waals surface area contributed by atoms with Crippen molar-refractivity contribution in [3.8, 4) is 0 Å². The van der Waals surface area contributed by atoms with Gasteiger partial charge in [-0.15, -0.1) is 0 Å². The van der Waals surface area contributed by atoms with Gasteiger partial charge in [0, 0.05) is 24.1 Å². The van der Waals surface area contributed by atoms with Crippen molar-refractivity contribution in [2.75, 3.05) is 26.2 Å². The van der Waals surface area contributed by atoms with E-state index in [0.717, 1.165) is 36.2 Å². The second kappa shape index (κ2) is 8.62. The summed E-state index contributed by atoms with van der Waals surface area (Å²) in [5, 5.41) is 3.35. The van der Waals surface area contributed by atoms with E-state index in [9.17, 15) is 4.39 Å². The van der Waals surface area contributed by atoms with Crippen LogP contribution < -0.4 is 5.32 Å². The molecular weight excluding hydrogens is 295 g/mol. The lowest BCUT2D eigenvalue weighted by Gasteiger charge is -2.19. The standard InChI is InChI=1S/C14H22BrFN2/c1-3-8-18(4-2)9-7-17-11-12-10-13(16)5-6-14(12)15/h5-6,10,17H,3-4,7-9,11H2,1-2H3. The highest BCUT2D eigenvalue weighted by Gasteiger charge is 2.03. The third-order valence-corrected chi connectivity index (χ3v) is 3.69. The molecule has 0 bridgehead atoms. The molecule has 18 heavy (non-hydrogen) atoms. The van der Waals surface area contributed by atoms with Gasteiger partial charge in [0.2, 0.25) is 0 Å². The smallest absolute Gasteiger partial charge is 0.123 e. The van der Waals surface area contributed by atoms with Gasteiger partial charge in [-0.05, 0) is 43.3 Å². The van der Waals surface area contributed by atoms with Crippen molar-refractivity contribution in [3.05, 3.63) is 34.1 Å². The summed E-state index contributed by atoms with van der Waals surface area (Å²) in [6.45, 7) is 9.26. The Hall–Kier alpha value is -0.450. The number of halogens is 2. The Kier molecular flexibility index (Phi) is 7.47. The van der Waals surface area contributed by atoms with E-state index in [0.29, 0.717) is 6.54 Å². The van der Waals surface area contributed by atoms with Crippen LogP contribution in [0.2, 0.25) is 0 Å². The van der Waals surface area contributed by atoms with Gasteiger partial charge in [0.25, 0.3) is 0 Å². The van der Waals surface area contributed by atoms with Crippen molar-refractivity contribution in [2.24, 2.45) is 0 Å². The van der Waals surface area contributed by atoms with Crippen LogP contribution in [0.25, 0.3) is 0 Å². The summed E-state index contributed by atoms with van der Waals surface area (Å²) in [5.41, 5.74) is 0.966. The Labute approximate surface area is 118 Å². The quantitative estimate of drug-likeness (QED) is 0.739. The summed E-state index contributed by atoms with van der Waals surface area (Å²) in [5.74, 6) is -0.184. The first kappa shape index (κ1) is 15.6. The van der Waals surface area contributed by atoms with Gasteiger partial charge in [0.1, 0.15) is 5.82 Å². The Bertz CT molecular complexity index is 358. The van der Waals surface area contributed by atoms with Crippen molar-refractivity contribution in [3.63, 3.8) is 0 Å². The molecule has 1 N–H and O–H groups in total. The molecular formula is C14H22BrFN2. The number of benzene rings is 1. The maximum absolute atomic E-state index is 13.1. The summed E-state index contributed by atoms with van der Waals surface area (Å²) < 4.78 is 14.0. The zero-order valence-electron chi connectivity index (χ0n) is 11.2. The SMILES string of the molecule is CCCN(CC)CCNCc1cc(F)ccc1Br. The molecule has 0 spiro atoms. The molecule has 0 aliphatic carbocycles. The van der Waals surface area contributed by atoms with Crippen molar-refractivity contribution < 1.29 is 4.39 Å². The lowest BCUT2D eigenvalue weighted by atomic mass is 10.2. The molecule has 4 heteroatoms. The highest BCUT2D eigenvalue weighted by molar-refractivity contribution is 9.10. The zero-order valence-corrected chi connectivity index (χ0v) is 12.8. The number of likely N-dealkylation sites (N-methyl/N-ethyl adjacent to an activating group) is 1. The van der Waals surface area contributed by atoms with Gasteiger partial charge in [0.05, 0.1) is 0 Å². The molecule has 0 aromatic heterocycles. The Morgan fingerprint density at radius 3 is 2.72 bits per heavy atom. The molecule has 0 atom stereocenters. The average molecular weight is 317 g/mol. The fraction of sp³-hybridized carbons (Fsp3) is 0.571. The maximum Gasteiger partial charge on any atom is 0.123 e. The largest absolute Gasteiger partial charge is 0.311 e. The lowest BCUT2D eigenvalue weighted by molar-refractivity contribution is 0.287. The molecule has 0 heterocycles. The van der Waals surface area contributed by atoms with Crippen molar-refractivity contribution >= 4 is 15.9 Å². The predicted octanol–water partition coefficient (Wildman–Crippen LogP) is 3.41. The van der Waals surface area contributed by atoms with Crippen LogP contribution in [0.5, 0.6) is 0 Å². The highest BCUT2D eigenvalue weighted by atomic mass is 79.9. The molecule has 0 aliphatic rings. The van der Waals surface area contributed by atoms with Gasteiger partial charge in [-0.25, -0.2) is 4.39 Å². The predicted molar refractivity (Wildman–Crippen MR) is 78.2 cm³/mol. The van der Waals surface area contributed by atoms with E-state index in [1.807, 2.05) is 0 Å². The minimum absolute atomic E-state index is 0.184. The van der Waals surface area contributed by atoms with Crippen LogP contribution >= 0.6 is 15.9 Å². The van der Waals surface area contributed by atoms with Gasteiger partial charge in [0.15, 0.2) is 0 Å². The Balaban J connectivity index is 2.31. The van der Waals surface area contributed by atoms with Crippen molar-refractivity contribution in [2.45, 2.75) is 26.8 Å². The van der Waals surface area contributed by atoms with Crippen LogP contribution in [0.1, 0.15) is 25.8 Å². The first-order valence-corrected chi connectivity index (χ1v) is 7.33. The minimum Gasteiger partial charge on any atom is -0.311 e. The molecule has 0 saturated heterocycles. The molecule has 0 radical (unpaired) electrons. The normalized spacial score (nSPS) is 11.2. The number of nitrogens with zero attached hydrogens (tertiary/aromatic N) is 1. The summed E-state index contributed by atoms with van der Waals surface area (Å²) in [7, 11) is 0. The summed E-state index contributed by atoms with van der Waals surface area (Å²) in [6.07, 6.45) is 1.18. The van der Waals surface area contributed by atoms with Crippen LogP contribution in [0, 0.1) is 5.82 Å². The molecule has 1 aromatic rings. The molecule has 0 aliphatic heterocycles. The average Bonchev–Trinajstić information content (AvgIpc) is 2.37. The van der Waals surface area contributed by atoms with E-state index in [1.165, 1.54) is 12.5 Å². The topological polar surface area (TPSA) is 15.3 Å². The summed E-state index contributed by atoms with van der Waals surface area (Å²) in [6, 6.07) is 4.79. The van der Waals surface area contributed by atoms with Gasteiger partial charge in [-0.3, -0.25) is 0 Å². The first-order valence-electron chi connectivity index (χ1n) is 6.54. The number of hydrogen-bond donors (Lipinski definition) is 1. The second-order valence-electron chi connectivity index (χ2n) is 4.35. The molecule has 0 unspecified atom stereocenters. The maximum atomic E-state index is 13.1. The molecule has 102 valence electrons. The van der Waals surface area contributed by atoms with Crippen molar-refractivity contribution in [1.82, 2.24) is 10.2 Å². The third kappa shape index (κ3) is 5.46. The summed E-state index contributed by atoms with van der Waals surface area (Å²) in [4.78, 5) is 2.41. The number of hydrogen-bond acceptors (Lipinski definition) is 2. The molecule has 1 aromatic carbocycles. The highest BCUT2D eigenvalue weighted by Crippen LogP contribution is 2.17. The van der Waals surface area contributed by atoms with Crippen LogP contribution in [0.15, 0.2) is 22.7 Å². The van der Waals surface area contributed by atoms with E-state index >= 15 is 0 Å². The molecule has 1 rings (SSSR count). The van der Waals surface area contributed by atoms with Crippen LogP contribution in [0.4, 0.5) is 4.39 Å². The van der Waals surface area contributed by atoms with E-state index in [2.05, 4.69) is 40.0 Å². The summed E-state index contributed by atoms with van der Waals surface area (Å²) >= 11 is 3.43. The zero-order chi connectivity index (χ0) is 13.4. The van der Waals surface area contributed by atoms with Gasteiger partial charge < -0.3 is 10.2 Å². The molecule has 0 amide bonds. The molecule has 0 saturated carbocycles. The van der Waals surface area contributed by atoms with Crippen LogP contribution in [-0.4, -0.2) is 31.1 Å². The van der Waals surface area contributed by atoms with E-state index < -0.39 is 0 Å². The molecule has 2 nitrogen and oxygen atoms in total. The van der Waals surface area contributed by atoms with Gasteiger partial charge >= 0.3 is 0 Å². The lowest BCUT2D eigenvalue weighted by Crippen LogP contribution is -2.32. The molecule has 0 fully saturated rings. The van der Waals surface area contributed by atoms with Crippen LogP contribution in [0.3, 0.4) is 0 Å². The van der Waals surface area contributed by atoms with Gasteiger partial charge in [-0.2, -0.15) is 0 Å². The third-order valence-electron chi connectivity index (χ3n) is 2.92. The van der Waals surface area contributed by atoms with Crippen LogP contribution in [-0.2, 0) is 6.54 Å². The Morgan fingerprint density at radius 1 is 1.28 bits per heavy atom. The first-order chi connectivity index (χ1) is 8.67. The minimum atomic E-state index is -0.184. The van der Waals surface area contributed by atoms with E-state index in [1.54, 1.807) is 12.1 Å². The monoisotopic (exact) mass is 316 g/mol. The number of rotatable bonds is 8. The fourth-order valence-electron chi connectivity index (χ4n) is 1.88. The van der Waals surface area contributed by atoms with E-state index in [4.69, 9.17) is 0 Å².